The summed E-state index contributed by atoms with van der Waals surface area (Å²) in [6.07, 6.45) is 3.58. The largest absolute Gasteiger partial charge is 0.478 e. The predicted octanol–water partition coefficient (Wildman–Crippen LogP) is 0.692. The van der Waals surface area contributed by atoms with Crippen molar-refractivity contribution in [2.45, 2.75) is 31.8 Å². The molecule has 6 nitrogen and oxygen atoms in total. The zero-order valence-electron chi connectivity index (χ0n) is 11.8. The Morgan fingerprint density at radius 1 is 1.53 bits per heavy atom. The van der Waals surface area contributed by atoms with Gasteiger partial charge in [0.15, 0.2) is 0 Å². The lowest BCUT2D eigenvalue weighted by Gasteiger charge is -2.39. The van der Waals surface area contributed by atoms with Crippen LogP contribution in [0.1, 0.15) is 35.8 Å². The molecule has 0 atom stereocenters. The molecule has 2 heterocycles. The highest BCUT2D eigenvalue weighted by Crippen LogP contribution is 2.23. The van der Waals surface area contributed by atoms with Crippen LogP contribution in [-0.4, -0.2) is 51.4 Å². The molecule has 1 aromatic heterocycles. The fourth-order valence-corrected chi connectivity index (χ4v) is 2.50. The summed E-state index contributed by atoms with van der Waals surface area (Å²) in [5, 5.41) is 16.6. The minimum atomic E-state index is -0.903. The summed E-state index contributed by atoms with van der Waals surface area (Å²) in [5.41, 5.74) is 1.29. The summed E-state index contributed by atoms with van der Waals surface area (Å²) >= 11 is 0. The minimum absolute atomic E-state index is 0.207. The number of piperidine rings is 1. The van der Waals surface area contributed by atoms with Crippen LogP contribution in [0.5, 0.6) is 0 Å². The quantitative estimate of drug-likeness (QED) is 0.839. The van der Waals surface area contributed by atoms with E-state index in [1.54, 1.807) is 11.7 Å². The highest BCUT2D eigenvalue weighted by molar-refractivity contribution is 5.88. The first kappa shape index (κ1) is 14.0. The molecule has 1 aliphatic rings. The molecule has 6 heteroatoms. The number of aryl methyl sites for hydroxylation is 1. The lowest BCUT2D eigenvalue weighted by Crippen LogP contribution is -2.49. The number of carboxylic acids is 1. The average Bonchev–Trinajstić information content (AvgIpc) is 2.74. The van der Waals surface area contributed by atoms with Crippen LogP contribution >= 0.6 is 0 Å². The van der Waals surface area contributed by atoms with Crippen molar-refractivity contribution in [1.29, 1.82) is 0 Å². The van der Waals surface area contributed by atoms with E-state index in [4.69, 9.17) is 5.11 Å². The van der Waals surface area contributed by atoms with Crippen molar-refractivity contribution in [3.8, 4) is 0 Å². The molecule has 1 aromatic rings. The van der Waals surface area contributed by atoms with Crippen LogP contribution in [-0.2, 0) is 13.6 Å². The van der Waals surface area contributed by atoms with Crippen LogP contribution in [0.15, 0.2) is 6.20 Å². The summed E-state index contributed by atoms with van der Waals surface area (Å²) < 4.78 is 1.66. The van der Waals surface area contributed by atoms with Crippen LogP contribution in [0.2, 0.25) is 0 Å². The number of carboxylic acid groups (broad SMARTS) is 1. The van der Waals surface area contributed by atoms with E-state index in [-0.39, 0.29) is 5.54 Å². The van der Waals surface area contributed by atoms with E-state index in [1.807, 2.05) is 7.05 Å². The van der Waals surface area contributed by atoms with Gasteiger partial charge in [0.1, 0.15) is 5.56 Å². The van der Waals surface area contributed by atoms with Gasteiger partial charge in [0.25, 0.3) is 0 Å². The maximum atomic E-state index is 11.1. The summed E-state index contributed by atoms with van der Waals surface area (Å²) in [6.45, 7) is 4.83. The van der Waals surface area contributed by atoms with Crippen molar-refractivity contribution in [2.24, 2.45) is 7.05 Å². The number of hydrogen-bond donors (Lipinski definition) is 2. The zero-order valence-corrected chi connectivity index (χ0v) is 11.8. The Hall–Kier alpha value is -1.40. The molecule has 0 spiro atoms. The van der Waals surface area contributed by atoms with Gasteiger partial charge < -0.3 is 10.4 Å². The number of aromatic nitrogens is 2. The van der Waals surface area contributed by atoms with Crippen LogP contribution in [0, 0.1) is 0 Å². The number of carbonyl (C=O) groups is 1. The molecule has 1 saturated heterocycles. The predicted molar refractivity (Wildman–Crippen MR) is 72.1 cm³/mol. The number of rotatable bonds is 4. The van der Waals surface area contributed by atoms with Crippen molar-refractivity contribution < 1.29 is 9.90 Å². The first-order chi connectivity index (χ1) is 8.95. The van der Waals surface area contributed by atoms with Gasteiger partial charge in [-0.25, -0.2) is 4.79 Å². The maximum Gasteiger partial charge on any atom is 0.339 e. The van der Waals surface area contributed by atoms with Gasteiger partial charge in [-0.05, 0) is 26.8 Å². The van der Waals surface area contributed by atoms with Gasteiger partial charge in [-0.1, -0.05) is 0 Å². The van der Waals surface area contributed by atoms with E-state index < -0.39 is 5.97 Å². The molecule has 0 bridgehead atoms. The number of nitrogens with one attached hydrogen (secondary N) is 1. The molecule has 0 unspecified atom stereocenters. The SMILES string of the molecule is CNC1(C)CCN(Cc2c(C(=O)O)cnn2C)CC1. The highest BCUT2D eigenvalue weighted by atomic mass is 16.4. The number of nitrogens with zero attached hydrogens (tertiary/aromatic N) is 3. The Morgan fingerprint density at radius 3 is 2.68 bits per heavy atom. The van der Waals surface area contributed by atoms with E-state index in [1.165, 1.54) is 6.20 Å². The Balaban J connectivity index is 2.03. The smallest absolute Gasteiger partial charge is 0.339 e. The molecule has 106 valence electrons. The van der Waals surface area contributed by atoms with Crippen molar-refractivity contribution in [3.05, 3.63) is 17.5 Å². The van der Waals surface area contributed by atoms with Gasteiger partial charge in [0.05, 0.1) is 11.9 Å². The summed E-state index contributed by atoms with van der Waals surface area (Å²) in [5.74, 6) is -0.903. The van der Waals surface area contributed by atoms with Gasteiger partial charge >= 0.3 is 5.97 Å². The number of aromatic carboxylic acids is 1. The maximum absolute atomic E-state index is 11.1. The Morgan fingerprint density at radius 2 is 2.16 bits per heavy atom. The summed E-state index contributed by atoms with van der Waals surface area (Å²) in [4.78, 5) is 13.4. The van der Waals surface area contributed by atoms with Gasteiger partial charge in [-0.2, -0.15) is 5.10 Å². The average molecular weight is 266 g/mol. The van der Waals surface area contributed by atoms with Crippen LogP contribution in [0.3, 0.4) is 0 Å². The Bertz CT molecular complexity index is 461. The number of hydrogen-bond acceptors (Lipinski definition) is 4. The van der Waals surface area contributed by atoms with E-state index >= 15 is 0 Å². The van der Waals surface area contributed by atoms with E-state index in [0.29, 0.717) is 12.1 Å². The molecule has 0 aromatic carbocycles. The third kappa shape index (κ3) is 2.96. The molecule has 2 rings (SSSR count). The molecule has 0 aliphatic carbocycles. The second-order valence-electron chi connectivity index (χ2n) is 5.52. The third-order valence-corrected chi connectivity index (χ3v) is 4.23. The molecule has 0 saturated carbocycles. The summed E-state index contributed by atoms with van der Waals surface area (Å²) in [7, 11) is 3.79. The standard InChI is InChI=1S/C13H22N4O2/c1-13(14-2)4-6-17(7-5-13)9-11-10(12(18)19)8-15-16(11)3/h8,14H,4-7,9H2,1-3H3,(H,18,19). The number of likely N-dealkylation sites (tertiary alicyclic amines) is 1. The van der Waals surface area contributed by atoms with E-state index in [2.05, 4.69) is 22.2 Å². The minimum Gasteiger partial charge on any atom is -0.478 e. The fourth-order valence-electron chi connectivity index (χ4n) is 2.50. The first-order valence-electron chi connectivity index (χ1n) is 6.60. The molecule has 1 fully saturated rings. The van der Waals surface area contributed by atoms with Gasteiger partial charge in [-0.15, -0.1) is 0 Å². The second-order valence-corrected chi connectivity index (χ2v) is 5.52. The first-order valence-corrected chi connectivity index (χ1v) is 6.60. The van der Waals surface area contributed by atoms with Gasteiger partial charge in [0.2, 0.25) is 0 Å². The molecule has 0 amide bonds. The Kier molecular flexibility index (Phi) is 3.91. The van der Waals surface area contributed by atoms with Crippen molar-refractivity contribution in [3.63, 3.8) is 0 Å². The lowest BCUT2D eigenvalue weighted by molar-refractivity contribution is 0.0692. The molecule has 1 aliphatic heterocycles. The molecule has 2 N–H and O–H groups in total. The summed E-state index contributed by atoms with van der Waals surface area (Å²) in [6, 6.07) is 0. The zero-order chi connectivity index (χ0) is 14.0. The highest BCUT2D eigenvalue weighted by Gasteiger charge is 2.29. The van der Waals surface area contributed by atoms with Crippen LogP contribution < -0.4 is 5.32 Å². The lowest BCUT2D eigenvalue weighted by atomic mass is 9.90. The van der Waals surface area contributed by atoms with Gasteiger partial charge in [-0.3, -0.25) is 9.58 Å². The van der Waals surface area contributed by atoms with Crippen LogP contribution in [0.4, 0.5) is 0 Å². The van der Waals surface area contributed by atoms with Gasteiger partial charge in [0, 0.05) is 32.2 Å². The molecule has 19 heavy (non-hydrogen) atoms. The molecular weight excluding hydrogens is 244 g/mol. The van der Waals surface area contributed by atoms with E-state index in [0.717, 1.165) is 31.6 Å². The topological polar surface area (TPSA) is 70.4 Å². The monoisotopic (exact) mass is 266 g/mol. The normalized spacial score (nSPS) is 19.5. The third-order valence-electron chi connectivity index (χ3n) is 4.23. The fraction of sp³-hybridized carbons (Fsp3) is 0.692. The molecule has 0 radical (unpaired) electrons. The van der Waals surface area contributed by atoms with Crippen molar-refractivity contribution in [1.82, 2.24) is 20.0 Å². The van der Waals surface area contributed by atoms with E-state index in [9.17, 15) is 4.79 Å². The second kappa shape index (κ2) is 5.30. The van der Waals surface area contributed by atoms with Crippen molar-refractivity contribution in [2.75, 3.05) is 20.1 Å². The molecular formula is C13H22N4O2. The Labute approximate surface area is 113 Å². The van der Waals surface area contributed by atoms with Crippen molar-refractivity contribution >= 4 is 5.97 Å². The van der Waals surface area contributed by atoms with Crippen LogP contribution in [0.25, 0.3) is 0 Å².